The van der Waals surface area contributed by atoms with Gasteiger partial charge in [0.1, 0.15) is 12.1 Å². The molecule has 0 saturated carbocycles. The number of carbonyl (C=O) groups is 4. The van der Waals surface area contributed by atoms with Gasteiger partial charge in [-0.15, -0.1) is 11.3 Å². The Labute approximate surface area is 212 Å². The average Bonchev–Trinajstić information content (AvgIpc) is 3.34. The number of carbonyl (C=O) groups excluding carboxylic acids is 4. The molecule has 2 aromatic carbocycles. The summed E-state index contributed by atoms with van der Waals surface area (Å²) in [7, 11) is 1.24. The van der Waals surface area contributed by atoms with Crippen molar-refractivity contribution >= 4 is 45.8 Å². The van der Waals surface area contributed by atoms with Gasteiger partial charge in [-0.25, -0.2) is 9.78 Å². The molecule has 5 N–H and O–H groups in total. The van der Waals surface area contributed by atoms with Crippen LogP contribution in [0.1, 0.15) is 47.4 Å². The van der Waals surface area contributed by atoms with Crippen molar-refractivity contribution in [2.45, 2.75) is 31.8 Å². The minimum atomic E-state index is -1.06. The highest BCUT2D eigenvalue weighted by Crippen LogP contribution is 2.23. The quantitative estimate of drug-likeness (QED) is 0.324. The molecule has 10 nitrogen and oxygen atoms in total. The number of ether oxygens (including phenoxy) is 1. The van der Waals surface area contributed by atoms with Gasteiger partial charge < -0.3 is 26.4 Å². The Balaban J connectivity index is 1.79. The molecule has 3 atom stereocenters. The SMILES string of the molecule is COC(=O)c1csc(NC(=O)[C@@H](NC(=O)[C@H](N)c2ccc(NC(C)=O)cc2)[C@@H](C)c2ccccc2)n1. The summed E-state index contributed by atoms with van der Waals surface area (Å²) in [6.45, 7) is 3.21. The number of hydrogen-bond acceptors (Lipinski definition) is 8. The number of esters is 1. The molecule has 0 aliphatic carbocycles. The summed E-state index contributed by atoms with van der Waals surface area (Å²) < 4.78 is 4.65. The second-order valence-electron chi connectivity index (χ2n) is 7.99. The van der Waals surface area contributed by atoms with E-state index >= 15 is 0 Å². The maximum absolute atomic E-state index is 13.3. The molecule has 0 unspecified atom stereocenters. The Kier molecular flexibility index (Phi) is 8.87. The van der Waals surface area contributed by atoms with E-state index in [1.807, 2.05) is 37.3 Å². The summed E-state index contributed by atoms with van der Waals surface area (Å²) in [4.78, 5) is 53.3. The van der Waals surface area contributed by atoms with Crippen molar-refractivity contribution in [2.24, 2.45) is 5.73 Å². The van der Waals surface area contributed by atoms with Gasteiger partial charge in [-0.1, -0.05) is 49.4 Å². The summed E-state index contributed by atoms with van der Waals surface area (Å²) >= 11 is 1.06. The van der Waals surface area contributed by atoms with Crippen LogP contribution in [-0.4, -0.2) is 41.8 Å². The molecule has 3 amide bonds. The molecule has 1 heterocycles. The Bertz CT molecular complexity index is 1230. The lowest BCUT2D eigenvalue weighted by molar-refractivity contribution is -0.127. The van der Waals surface area contributed by atoms with E-state index in [2.05, 4.69) is 25.7 Å². The van der Waals surface area contributed by atoms with Crippen LogP contribution < -0.4 is 21.7 Å². The van der Waals surface area contributed by atoms with Crippen molar-refractivity contribution in [1.29, 1.82) is 0 Å². The van der Waals surface area contributed by atoms with E-state index in [1.165, 1.54) is 19.4 Å². The van der Waals surface area contributed by atoms with Crippen molar-refractivity contribution in [3.8, 4) is 0 Å². The third-order valence-corrected chi connectivity index (χ3v) is 6.16. The van der Waals surface area contributed by atoms with Gasteiger partial charge in [-0.05, 0) is 23.3 Å². The molecule has 3 rings (SSSR count). The van der Waals surface area contributed by atoms with E-state index in [-0.39, 0.29) is 16.7 Å². The lowest BCUT2D eigenvalue weighted by atomic mass is 9.92. The van der Waals surface area contributed by atoms with E-state index in [0.717, 1.165) is 16.9 Å². The first-order valence-electron chi connectivity index (χ1n) is 11.0. The molecule has 1 aromatic heterocycles. The normalized spacial score (nSPS) is 13.1. The van der Waals surface area contributed by atoms with Crippen molar-refractivity contribution in [2.75, 3.05) is 17.7 Å². The van der Waals surface area contributed by atoms with Crippen LogP contribution in [0.3, 0.4) is 0 Å². The van der Waals surface area contributed by atoms with Gasteiger partial charge >= 0.3 is 5.97 Å². The van der Waals surface area contributed by atoms with Crippen LogP contribution in [0.2, 0.25) is 0 Å². The van der Waals surface area contributed by atoms with Crippen LogP contribution >= 0.6 is 11.3 Å². The molecular weight excluding hydrogens is 482 g/mol. The van der Waals surface area contributed by atoms with E-state index in [9.17, 15) is 19.2 Å². The van der Waals surface area contributed by atoms with Crippen molar-refractivity contribution in [3.63, 3.8) is 0 Å². The predicted molar refractivity (Wildman–Crippen MR) is 137 cm³/mol. The average molecular weight is 510 g/mol. The largest absolute Gasteiger partial charge is 0.464 e. The monoisotopic (exact) mass is 509 g/mol. The van der Waals surface area contributed by atoms with Crippen LogP contribution in [0.15, 0.2) is 60.0 Å². The predicted octanol–water partition coefficient (Wildman–Crippen LogP) is 2.82. The fourth-order valence-electron chi connectivity index (χ4n) is 3.45. The third kappa shape index (κ3) is 6.74. The molecule has 0 spiro atoms. The number of aromatic nitrogens is 1. The highest BCUT2D eigenvalue weighted by Gasteiger charge is 2.31. The maximum atomic E-state index is 13.3. The van der Waals surface area contributed by atoms with E-state index in [4.69, 9.17) is 5.73 Å². The number of thiazole rings is 1. The molecule has 0 saturated heterocycles. The highest BCUT2D eigenvalue weighted by molar-refractivity contribution is 7.14. The Morgan fingerprint density at radius 3 is 2.22 bits per heavy atom. The number of nitrogens with one attached hydrogen (secondary N) is 3. The number of nitrogens with zero attached hydrogens (tertiary/aromatic N) is 1. The first kappa shape index (κ1) is 26.5. The number of nitrogens with two attached hydrogens (primary N) is 1. The van der Waals surface area contributed by atoms with E-state index in [0.29, 0.717) is 11.3 Å². The highest BCUT2D eigenvalue weighted by atomic mass is 32.1. The smallest absolute Gasteiger partial charge is 0.357 e. The Morgan fingerprint density at radius 1 is 0.944 bits per heavy atom. The standard InChI is InChI=1S/C25H27N5O5S/c1-14(16-7-5-4-6-8-16)21(23(33)30-25-28-19(13-36-25)24(34)35-3)29-22(32)20(26)17-9-11-18(12-10-17)27-15(2)31/h4-14,20-21H,26H2,1-3H3,(H,27,31)(H,29,32)(H,28,30,33)/t14-,20+,21-/m0/s1. The number of methoxy groups -OCH3 is 1. The van der Waals surface area contributed by atoms with Gasteiger partial charge in [-0.3, -0.25) is 14.4 Å². The molecule has 0 aliphatic rings. The zero-order chi connectivity index (χ0) is 26.2. The zero-order valence-electron chi connectivity index (χ0n) is 20.0. The fourth-order valence-corrected chi connectivity index (χ4v) is 4.13. The van der Waals surface area contributed by atoms with Gasteiger partial charge in [-0.2, -0.15) is 0 Å². The minimum Gasteiger partial charge on any atom is -0.464 e. The molecule has 0 radical (unpaired) electrons. The summed E-state index contributed by atoms with van der Waals surface area (Å²) in [6.07, 6.45) is 0. The van der Waals surface area contributed by atoms with Gasteiger partial charge in [0, 0.05) is 23.9 Å². The van der Waals surface area contributed by atoms with E-state index in [1.54, 1.807) is 24.3 Å². The molecule has 0 aliphatic heterocycles. The summed E-state index contributed by atoms with van der Waals surface area (Å²) in [6, 6.07) is 13.8. The summed E-state index contributed by atoms with van der Waals surface area (Å²) in [5.41, 5.74) is 8.17. The minimum absolute atomic E-state index is 0.0687. The van der Waals surface area contributed by atoms with Crippen LogP contribution in [-0.2, 0) is 19.1 Å². The summed E-state index contributed by atoms with van der Waals surface area (Å²) in [5, 5.41) is 9.74. The van der Waals surface area contributed by atoms with Crippen LogP contribution in [0.5, 0.6) is 0 Å². The number of anilines is 2. The zero-order valence-corrected chi connectivity index (χ0v) is 20.8. The van der Waals surface area contributed by atoms with Gasteiger partial charge in [0.2, 0.25) is 17.7 Å². The van der Waals surface area contributed by atoms with Gasteiger partial charge in [0.15, 0.2) is 10.8 Å². The topological polar surface area (TPSA) is 153 Å². The summed E-state index contributed by atoms with van der Waals surface area (Å²) in [5.74, 6) is -2.32. The number of amides is 3. The second-order valence-corrected chi connectivity index (χ2v) is 8.84. The first-order valence-corrected chi connectivity index (χ1v) is 11.9. The Hall–Kier alpha value is -4.09. The second kappa shape index (κ2) is 12.0. The molecule has 3 aromatic rings. The van der Waals surface area contributed by atoms with Crippen LogP contribution in [0, 0.1) is 0 Å². The third-order valence-electron chi connectivity index (χ3n) is 5.41. The Morgan fingerprint density at radius 2 is 1.61 bits per heavy atom. The lowest BCUT2D eigenvalue weighted by Gasteiger charge is -2.26. The van der Waals surface area contributed by atoms with Crippen LogP contribution in [0.25, 0.3) is 0 Å². The van der Waals surface area contributed by atoms with Crippen molar-refractivity contribution in [1.82, 2.24) is 10.3 Å². The van der Waals surface area contributed by atoms with Crippen LogP contribution in [0.4, 0.5) is 10.8 Å². The molecule has 0 bridgehead atoms. The van der Waals surface area contributed by atoms with E-state index < -0.39 is 35.8 Å². The number of rotatable bonds is 9. The maximum Gasteiger partial charge on any atom is 0.357 e. The molecule has 36 heavy (non-hydrogen) atoms. The number of benzene rings is 2. The lowest BCUT2D eigenvalue weighted by Crippen LogP contribution is -2.49. The number of hydrogen-bond donors (Lipinski definition) is 4. The van der Waals surface area contributed by atoms with Gasteiger partial charge in [0.25, 0.3) is 0 Å². The fraction of sp³-hybridized carbons (Fsp3) is 0.240. The first-order chi connectivity index (χ1) is 17.2. The van der Waals surface area contributed by atoms with Gasteiger partial charge in [0.05, 0.1) is 7.11 Å². The molecule has 188 valence electrons. The van der Waals surface area contributed by atoms with Crippen molar-refractivity contribution in [3.05, 3.63) is 76.8 Å². The van der Waals surface area contributed by atoms with Crippen molar-refractivity contribution < 1.29 is 23.9 Å². The molecular formula is C25H27N5O5S. The molecule has 0 fully saturated rings. The molecule has 11 heteroatoms.